The molecule has 1 aromatic carbocycles. The number of hydrogen-bond acceptors (Lipinski definition) is 6. The zero-order valence-corrected chi connectivity index (χ0v) is 18.1. The molecule has 0 unspecified atom stereocenters. The van der Waals surface area contributed by atoms with Gasteiger partial charge in [0, 0.05) is 24.9 Å². The summed E-state index contributed by atoms with van der Waals surface area (Å²) in [4.78, 5) is 45.4. The van der Waals surface area contributed by atoms with Gasteiger partial charge in [0.1, 0.15) is 0 Å². The van der Waals surface area contributed by atoms with E-state index in [0.717, 1.165) is 41.7 Å². The molecule has 2 aliphatic rings. The monoisotopic (exact) mass is 426 g/mol. The van der Waals surface area contributed by atoms with Gasteiger partial charge in [-0.05, 0) is 50.9 Å². The Morgan fingerprint density at radius 3 is 2.70 bits per heavy atom. The Bertz CT molecular complexity index is 979. The van der Waals surface area contributed by atoms with Gasteiger partial charge in [0.2, 0.25) is 5.91 Å². The van der Waals surface area contributed by atoms with Crippen LogP contribution in [0, 0.1) is 12.8 Å². The Hall–Kier alpha value is -2.58. The summed E-state index contributed by atoms with van der Waals surface area (Å²) in [5.41, 5.74) is 2.70. The van der Waals surface area contributed by atoms with Crippen LogP contribution in [-0.2, 0) is 11.3 Å². The fraction of sp³-hybridized carbons (Fsp3) is 0.455. The third-order valence-electron chi connectivity index (χ3n) is 5.75. The minimum Gasteiger partial charge on any atom is -0.302 e. The van der Waals surface area contributed by atoms with Crippen molar-refractivity contribution >= 4 is 34.2 Å². The van der Waals surface area contributed by atoms with Crippen LogP contribution in [0.3, 0.4) is 0 Å². The van der Waals surface area contributed by atoms with Crippen LogP contribution in [0.25, 0.3) is 0 Å². The highest BCUT2D eigenvalue weighted by molar-refractivity contribution is 7.13. The number of anilines is 1. The van der Waals surface area contributed by atoms with Gasteiger partial charge in [-0.15, -0.1) is 11.3 Å². The zero-order valence-electron chi connectivity index (χ0n) is 17.3. The summed E-state index contributed by atoms with van der Waals surface area (Å²) in [5, 5.41) is 5.32. The maximum absolute atomic E-state index is 12.5. The molecule has 3 amide bonds. The molecule has 7 nitrogen and oxygen atoms in total. The minimum absolute atomic E-state index is 0.0450. The van der Waals surface area contributed by atoms with Crippen LogP contribution in [0.2, 0.25) is 0 Å². The number of aromatic nitrogens is 1. The van der Waals surface area contributed by atoms with Crippen molar-refractivity contribution in [2.45, 2.75) is 39.7 Å². The fourth-order valence-electron chi connectivity index (χ4n) is 3.89. The summed E-state index contributed by atoms with van der Waals surface area (Å²) in [7, 11) is 0. The molecule has 0 atom stereocenters. The van der Waals surface area contributed by atoms with E-state index < -0.39 is 0 Å². The second-order valence-corrected chi connectivity index (χ2v) is 9.07. The number of aryl methyl sites for hydroxylation is 1. The predicted octanol–water partition coefficient (Wildman–Crippen LogP) is 3.31. The molecular formula is C22H26N4O3S. The Labute approximate surface area is 180 Å². The van der Waals surface area contributed by atoms with Gasteiger partial charge in [0.25, 0.3) is 11.8 Å². The maximum Gasteiger partial charge on any atom is 0.261 e. The molecule has 1 N–H and O–H groups in total. The van der Waals surface area contributed by atoms with Gasteiger partial charge in [-0.25, -0.2) is 4.98 Å². The first-order valence-electron chi connectivity index (χ1n) is 10.3. The van der Waals surface area contributed by atoms with Crippen molar-refractivity contribution in [3.8, 4) is 0 Å². The van der Waals surface area contributed by atoms with Crippen molar-refractivity contribution < 1.29 is 14.4 Å². The van der Waals surface area contributed by atoms with Crippen LogP contribution >= 0.6 is 11.3 Å². The van der Waals surface area contributed by atoms with Gasteiger partial charge in [-0.2, -0.15) is 0 Å². The Morgan fingerprint density at radius 1 is 1.20 bits per heavy atom. The van der Waals surface area contributed by atoms with Crippen molar-refractivity contribution in [2.24, 2.45) is 5.92 Å². The molecule has 2 aliphatic heterocycles. The fourth-order valence-corrected chi connectivity index (χ4v) is 4.61. The van der Waals surface area contributed by atoms with E-state index in [0.29, 0.717) is 16.3 Å². The zero-order chi connectivity index (χ0) is 21.3. The van der Waals surface area contributed by atoms with E-state index in [1.54, 1.807) is 12.1 Å². The van der Waals surface area contributed by atoms with Gasteiger partial charge in [-0.3, -0.25) is 24.2 Å². The molecule has 30 heavy (non-hydrogen) atoms. The Morgan fingerprint density at radius 2 is 1.93 bits per heavy atom. The molecule has 3 heterocycles. The van der Waals surface area contributed by atoms with Crippen molar-refractivity contribution in [2.75, 3.05) is 25.0 Å². The summed E-state index contributed by atoms with van der Waals surface area (Å²) < 4.78 is 0. The van der Waals surface area contributed by atoms with Gasteiger partial charge in [0.15, 0.2) is 5.13 Å². The first-order chi connectivity index (χ1) is 14.4. The summed E-state index contributed by atoms with van der Waals surface area (Å²) >= 11 is 1.40. The van der Waals surface area contributed by atoms with Crippen LogP contribution < -0.4 is 5.32 Å². The first kappa shape index (κ1) is 20.7. The number of carbonyl (C=O) groups excluding carboxylic acids is 3. The molecule has 0 spiro atoms. The Kier molecular flexibility index (Phi) is 5.97. The number of likely N-dealkylation sites (tertiary alicyclic amines) is 1. The molecule has 0 aliphatic carbocycles. The molecular weight excluding hydrogens is 400 g/mol. The quantitative estimate of drug-likeness (QED) is 0.717. The van der Waals surface area contributed by atoms with E-state index in [9.17, 15) is 14.4 Å². The van der Waals surface area contributed by atoms with Crippen molar-refractivity contribution in [1.82, 2.24) is 14.8 Å². The van der Waals surface area contributed by atoms with E-state index in [2.05, 4.69) is 22.1 Å². The molecule has 1 saturated heterocycles. The van der Waals surface area contributed by atoms with Crippen LogP contribution in [0.1, 0.15) is 58.2 Å². The Balaban J connectivity index is 1.28. The number of thiazole rings is 1. The number of benzene rings is 1. The van der Waals surface area contributed by atoms with E-state index in [1.165, 1.54) is 24.2 Å². The summed E-state index contributed by atoms with van der Waals surface area (Å²) in [6.07, 6.45) is 2.47. The smallest absolute Gasteiger partial charge is 0.261 e. The number of fused-ring (bicyclic) bond motifs is 1. The van der Waals surface area contributed by atoms with Crippen LogP contribution in [0.5, 0.6) is 0 Å². The number of piperidine rings is 1. The number of nitrogens with one attached hydrogen (secondary N) is 1. The van der Waals surface area contributed by atoms with E-state index >= 15 is 0 Å². The largest absolute Gasteiger partial charge is 0.302 e. The number of imide groups is 1. The minimum atomic E-state index is -0.338. The standard InChI is InChI=1S/C22H26N4O3S/c1-14-5-8-25(9-6-14)12-16-13-30-22(23-16)24-19(27)7-10-26-20(28)17-4-3-15(2)11-18(17)21(26)29/h3-4,11,13-14H,5-10,12H2,1-2H3,(H,23,24,27). The predicted molar refractivity (Wildman–Crippen MR) is 116 cm³/mol. The summed E-state index contributed by atoms with van der Waals surface area (Å²) in [6, 6.07) is 5.20. The average Bonchev–Trinajstić information content (AvgIpc) is 3.24. The number of amides is 3. The number of carbonyl (C=O) groups is 3. The highest BCUT2D eigenvalue weighted by atomic mass is 32.1. The number of hydrogen-bond donors (Lipinski definition) is 1. The van der Waals surface area contributed by atoms with Crippen molar-refractivity contribution in [3.05, 3.63) is 46.0 Å². The second-order valence-electron chi connectivity index (χ2n) is 8.21. The lowest BCUT2D eigenvalue weighted by Crippen LogP contribution is -2.33. The van der Waals surface area contributed by atoms with Crippen molar-refractivity contribution in [3.63, 3.8) is 0 Å². The van der Waals surface area contributed by atoms with Crippen molar-refractivity contribution in [1.29, 1.82) is 0 Å². The third kappa shape index (κ3) is 4.44. The van der Waals surface area contributed by atoms with Gasteiger partial charge in [0.05, 0.1) is 16.8 Å². The summed E-state index contributed by atoms with van der Waals surface area (Å²) in [6.45, 7) is 7.19. The lowest BCUT2D eigenvalue weighted by atomic mass is 9.99. The lowest BCUT2D eigenvalue weighted by molar-refractivity contribution is -0.116. The SMILES string of the molecule is Cc1ccc2c(c1)C(=O)N(CCC(=O)Nc1nc(CN3CCC(C)CC3)cs1)C2=O. The van der Waals surface area contributed by atoms with Gasteiger partial charge < -0.3 is 5.32 Å². The van der Waals surface area contributed by atoms with Crippen LogP contribution in [0.4, 0.5) is 5.13 Å². The topological polar surface area (TPSA) is 82.6 Å². The van der Waals surface area contributed by atoms with E-state index in [1.807, 2.05) is 18.4 Å². The molecule has 0 bridgehead atoms. The second kappa shape index (κ2) is 8.65. The molecule has 0 radical (unpaired) electrons. The average molecular weight is 427 g/mol. The number of nitrogens with zero attached hydrogens (tertiary/aromatic N) is 3. The van der Waals surface area contributed by atoms with Gasteiger partial charge >= 0.3 is 0 Å². The molecule has 0 saturated carbocycles. The highest BCUT2D eigenvalue weighted by Crippen LogP contribution is 2.24. The van der Waals surface area contributed by atoms with Gasteiger partial charge in [-0.1, -0.05) is 18.6 Å². The van der Waals surface area contributed by atoms with E-state index in [4.69, 9.17) is 0 Å². The molecule has 158 valence electrons. The van der Waals surface area contributed by atoms with E-state index in [-0.39, 0.29) is 30.7 Å². The first-order valence-corrected chi connectivity index (χ1v) is 11.2. The highest BCUT2D eigenvalue weighted by Gasteiger charge is 2.35. The normalized spacial score (nSPS) is 17.5. The molecule has 1 aromatic heterocycles. The number of rotatable bonds is 6. The molecule has 8 heteroatoms. The summed E-state index contributed by atoms with van der Waals surface area (Å²) in [5.74, 6) is -0.137. The molecule has 1 fully saturated rings. The van der Waals surface area contributed by atoms with Crippen LogP contribution in [0.15, 0.2) is 23.6 Å². The third-order valence-corrected chi connectivity index (χ3v) is 6.56. The lowest BCUT2D eigenvalue weighted by Gasteiger charge is -2.29. The molecule has 4 rings (SSSR count). The maximum atomic E-state index is 12.5. The van der Waals surface area contributed by atoms with Crippen LogP contribution in [-0.4, -0.2) is 52.1 Å². The molecule has 2 aromatic rings.